The predicted molar refractivity (Wildman–Crippen MR) is 333 cm³/mol. The molecule has 6 aromatic rings. The molecular weight excluding hydrogens is 973 g/mol. The quantitative estimate of drug-likeness (QED) is 0.158. The Morgan fingerprint density at radius 3 is 0.823 bits per heavy atom. The molecular formula is C73H90O6. The second-order valence-electron chi connectivity index (χ2n) is 22.8. The van der Waals surface area contributed by atoms with E-state index in [1.165, 1.54) is 89.9 Å². The summed E-state index contributed by atoms with van der Waals surface area (Å²) in [5.74, 6) is 2.80. The number of aryl methyl sites for hydroxylation is 6. The van der Waals surface area contributed by atoms with Gasteiger partial charge in [-0.05, 0) is 168 Å². The molecule has 0 heterocycles. The van der Waals surface area contributed by atoms with Crippen molar-refractivity contribution in [3.05, 3.63) is 274 Å². The average molecular weight is 1060 g/mol. The van der Waals surface area contributed by atoms with E-state index in [0.717, 1.165) is 73.2 Å². The smallest absolute Gasteiger partial charge is 0.184 e. The van der Waals surface area contributed by atoms with Crippen LogP contribution in [0.25, 0.3) is 0 Å². The molecule has 418 valence electrons. The van der Waals surface area contributed by atoms with Gasteiger partial charge in [0.05, 0.1) is 0 Å². The summed E-state index contributed by atoms with van der Waals surface area (Å²) in [5, 5.41) is 0. The molecule has 10 rings (SSSR count). The normalized spacial score (nSPS) is 15.2. The van der Waals surface area contributed by atoms with Crippen LogP contribution in [0, 0.1) is 41.5 Å². The van der Waals surface area contributed by atoms with Crippen LogP contribution in [-0.2, 0) is 0 Å². The van der Waals surface area contributed by atoms with Gasteiger partial charge in [-0.3, -0.25) is 28.8 Å². The maximum absolute atomic E-state index is 12.1. The van der Waals surface area contributed by atoms with E-state index in [0.29, 0.717) is 35.5 Å². The molecule has 1 unspecified atom stereocenters. The molecule has 0 amide bonds. The lowest BCUT2D eigenvalue weighted by Crippen LogP contribution is -2.18. The summed E-state index contributed by atoms with van der Waals surface area (Å²) in [6.45, 7) is 19.6. The molecule has 0 saturated heterocycles. The molecule has 1 atom stereocenters. The average Bonchev–Trinajstić information content (AvgIpc) is 4.29. The van der Waals surface area contributed by atoms with Crippen molar-refractivity contribution in [1.29, 1.82) is 0 Å². The topological polar surface area (TPSA) is 102 Å². The minimum absolute atomic E-state index is 0.176. The molecule has 6 aromatic carbocycles. The molecule has 0 aliphatic heterocycles. The Hall–Kier alpha value is -6.66. The van der Waals surface area contributed by atoms with Crippen LogP contribution in [0.2, 0.25) is 0 Å². The van der Waals surface area contributed by atoms with E-state index in [4.69, 9.17) is 0 Å². The lowest BCUT2D eigenvalue weighted by atomic mass is 9.80. The first-order valence-corrected chi connectivity index (χ1v) is 29.5. The van der Waals surface area contributed by atoms with Crippen molar-refractivity contribution in [2.24, 2.45) is 0 Å². The van der Waals surface area contributed by atoms with Crippen LogP contribution in [0.1, 0.15) is 226 Å². The third-order valence-electron chi connectivity index (χ3n) is 16.3. The predicted octanol–water partition coefficient (Wildman–Crippen LogP) is 16.6. The fourth-order valence-corrected chi connectivity index (χ4v) is 10.5. The van der Waals surface area contributed by atoms with Gasteiger partial charge in [0.2, 0.25) is 0 Å². The molecule has 0 aromatic heterocycles. The summed E-state index contributed by atoms with van der Waals surface area (Å²) >= 11 is 0. The largest absolute Gasteiger partial charge is 0.289 e. The zero-order valence-corrected chi connectivity index (χ0v) is 49.4. The van der Waals surface area contributed by atoms with Crippen LogP contribution in [0.3, 0.4) is 0 Å². The Morgan fingerprint density at radius 1 is 0.304 bits per heavy atom. The van der Waals surface area contributed by atoms with E-state index < -0.39 is 0 Å². The van der Waals surface area contributed by atoms with E-state index in [-0.39, 0.29) is 32.6 Å². The lowest BCUT2D eigenvalue weighted by molar-refractivity contribution is 0.418. The summed E-state index contributed by atoms with van der Waals surface area (Å²) in [6, 6.07) is 46.5. The standard InChI is InChI=1S/C14H18O.C13H16O.C12H14O.C12H16O.C11H12O.C11H14O/c1-11-7-5-6-10-13(14(11)15)12-8-3-2-4-9-12;1-10-6-2-5-9-12(13(10)14)11-7-3-4-8-11;1-9-5-2-3-8-11(12(9)13)10-6-4-7-10;1-4-9(2)11-8-6-5-7-10(3)12(11)13;1-8-4-2-3-5-10(11(8)12)9-6-7-9;1-8(2)10-7-5-4-6-9(3)11(10)12/h5-7,10,12H,2-4,8-9H2,1H3;2,5-6,9,11H,3-4,7-8H2,1H3;2-3,5,8,10H,4,6-7H2,1H3;5-9H,4H2,1-3H3;2-5,9H,6-7H2,1H3;4-8H,1-3H3. The maximum Gasteiger partial charge on any atom is 0.184 e. The number of rotatable bonds is 7. The van der Waals surface area contributed by atoms with Crippen LogP contribution in [0.15, 0.2) is 174 Å². The van der Waals surface area contributed by atoms with E-state index in [1.807, 2.05) is 201 Å². The van der Waals surface area contributed by atoms with Gasteiger partial charge in [0.25, 0.3) is 0 Å². The van der Waals surface area contributed by atoms with Crippen molar-refractivity contribution >= 4 is 0 Å². The van der Waals surface area contributed by atoms with Gasteiger partial charge in [0, 0.05) is 33.4 Å². The lowest BCUT2D eigenvalue weighted by Gasteiger charge is -2.24. The highest BCUT2D eigenvalue weighted by Crippen LogP contribution is 2.38. The maximum atomic E-state index is 12.1. The van der Waals surface area contributed by atoms with Crippen molar-refractivity contribution in [1.82, 2.24) is 0 Å². The first-order valence-electron chi connectivity index (χ1n) is 29.5. The molecule has 4 fully saturated rings. The van der Waals surface area contributed by atoms with Crippen LogP contribution < -0.4 is 32.6 Å². The van der Waals surface area contributed by atoms with Crippen LogP contribution in [0.5, 0.6) is 0 Å². The zero-order chi connectivity index (χ0) is 57.4. The highest BCUT2D eigenvalue weighted by molar-refractivity contribution is 5.30. The summed E-state index contributed by atoms with van der Waals surface area (Å²) in [7, 11) is 0. The van der Waals surface area contributed by atoms with Crippen molar-refractivity contribution in [3.8, 4) is 0 Å². The fourth-order valence-electron chi connectivity index (χ4n) is 10.5. The van der Waals surface area contributed by atoms with Crippen molar-refractivity contribution in [2.75, 3.05) is 0 Å². The van der Waals surface area contributed by atoms with Crippen LogP contribution in [0.4, 0.5) is 0 Å². The molecule has 0 N–H and O–H groups in total. The Labute approximate surface area is 472 Å². The molecule has 6 nitrogen and oxygen atoms in total. The van der Waals surface area contributed by atoms with Crippen molar-refractivity contribution in [2.45, 2.75) is 201 Å². The fraction of sp³-hybridized carbons (Fsp3) is 0.425. The van der Waals surface area contributed by atoms with Gasteiger partial charge in [-0.25, -0.2) is 0 Å². The minimum Gasteiger partial charge on any atom is -0.289 e. The number of hydrogen-bond acceptors (Lipinski definition) is 6. The third kappa shape index (κ3) is 19.3. The summed E-state index contributed by atoms with van der Waals surface area (Å²) < 4.78 is 0. The monoisotopic (exact) mass is 1060 g/mol. The highest BCUT2D eigenvalue weighted by Gasteiger charge is 2.26. The van der Waals surface area contributed by atoms with E-state index >= 15 is 0 Å². The Kier molecular flexibility index (Phi) is 25.9. The second kappa shape index (κ2) is 32.4. The van der Waals surface area contributed by atoms with Gasteiger partial charge >= 0.3 is 0 Å². The van der Waals surface area contributed by atoms with Crippen molar-refractivity contribution < 1.29 is 0 Å². The highest BCUT2D eigenvalue weighted by atomic mass is 16.1. The zero-order valence-electron chi connectivity index (χ0n) is 49.4. The van der Waals surface area contributed by atoms with Crippen LogP contribution in [-0.4, -0.2) is 0 Å². The first-order chi connectivity index (χ1) is 37.9. The van der Waals surface area contributed by atoms with Crippen molar-refractivity contribution in [3.63, 3.8) is 0 Å². The number of hydrogen-bond donors (Lipinski definition) is 0. The van der Waals surface area contributed by atoms with Gasteiger partial charge in [0.1, 0.15) is 0 Å². The molecule has 0 radical (unpaired) electrons. The van der Waals surface area contributed by atoms with Gasteiger partial charge in [-0.2, -0.15) is 0 Å². The molecule has 79 heavy (non-hydrogen) atoms. The SMILES string of the molecule is CCC(C)c1ccccc(C)c1=O.Cc1ccccc(C(C)C)c1=O.Cc1ccccc(C2CC2)c1=O.Cc1ccccc(C2CCC2)c1=O.Cc1ccccc(C2CCCC2)c1=O.Cc1ccccc(C2CCCCC2)c1=O. The molecule has 0 spiro atoms. The van der Waals surface area contributed by atoms with E-state index in [2.05, 4.69) is 13.8 Å². The van der Waals surface area contributed by atoms with E-state index in [9.17, 15) is 28.8 Å². The Balaban J connectivity index is 0.000000175. The van der Waals surface area contributed by atoms with E-state index in [1.54, 1.807) is 0 Å². The third-order valence-corrected chi connectivity index (χ3v) is 16.3. The molecule has 4 saturated carbocycles. The molecule has 0 bridgehead atoms. The van der Waals surface area contributed by atoms with Gasteiger partial charge in [-0.15, -0.1) is 0 Å². The molecule has 6 heteroatoms. The van der Waals surface area contributed by atoms with Gasteiger partial charge in [0.15, 0.2) is 32.6 Å². The second-order valence-corrected chi connectivity index (χ2v) is 22.8. The Bertz CT molecular complexity index is 3160. The summed E-state index contributed by atoms with van der Waals surface area (Å²) in [5.41, 5.74) is 12.4. The van der Waals surface area contributed by atoms with Gasteiger partial charge < -0.3 is 0 Å². The van der Waals surface area contributed by atoms with Crippen LogP contribution >= 0.6 is 0 Å². The summed E-state index contributed by atoms with van der Waals surface area (Å²) in [6.07, 6.45) is 18.3. The molecule has 4 aliphatic carbocycles. The van der Waals surface area contributed by atoms with Gasteiger partial charge in [-0.1, -0.05) is 212 Å². The first kappa shape index (κ1) is 63.2. The summed E-state index contributed by atoms with van der Waals surface area (Å²) in [4.78, 5) is 70.9. The molecule has 4 aliphatic rings. The minimum atomic E-state index is 0.176. The Morgan fingerprint density at radius 2 is 0.544 bits per heavy atom.